The molecule has 2 aromatic carbocycles. The minimum absolute atomic E-state index is 1.11. The Balaban J connectivity index is 0.000000126. The topological polar surface area (TPSA) is 25.8 Å². The molecule has 0 atom stereocenters. The van der Waals surface area contributed by atoms with E-state index in [1.807, 2.05) is 42.9 Å². The SMILES string of the molecule is Cc1cccc2cccnc12.c1ccc2cnccc2c1. The molecule has 0 unspecified atom stereocenters. The van der Waals surface area contributed by atoms with Crippen molar-refractivity contribution in [3.8, 4) is 0 Å². The molecule has 0 fully saturated rings. The van der Waals surface area contributed by atoms with E-state index in [4.69, 9.17) is 0 Å². The number of rotatable bonds is 0. The summed E-state index contributed by atoms with van der Waals surface area (Å²) in [6, 6.07) is 20.4. The Bertz CT molecular complexity index is 798. The van der Waals surface area contributed by atoms with E-state index in [1.54, 1.807) is 0 Å². The van der Waals surface area contributed by atoms with Crippen LogP contribution in [0, 0.1) is 6.92 Å². The van der Waals surface area contributed by atoms with Crippen molar-refractivity contribution < 1.29 is 0 Å². The molecule has 2 heteroatoms. The van der Waals surface area contributed by atoms with Crippen LogP contribution in [0.3, 0.4) is 0 Å². The lowest BCUT2D eigenvalue weighted by molar-refractivity contribution is 1.36. The van der Waals surface area contributed by atoms with Gasteiger partial charge in [0, 0.05) is 24.0 Å². The van der Waals surface area contributed by atoms with Crippen molar-refractivity contribution in [3.05, 3.63) is 84.8 Å². The fourth-order valence-corrected chi connectivity index (χ4v) is 2.28. The predicted molar refractivity (Wildman–Crippen MR) is 88.2 cm³/mol. The molecule has 0 aliphatic rings. The van der Waals surface area contributed by atoms with Crippen molar-refractivity contribution >= 4 is 21.7 Å². The molecular weight excluding hydrogens is 256 g/mol. The van der Waals surface area contributed by atoms with Crippen LogP contribution in [-0.4, -0.2) is 9.97 Å². The zero-order valence-corrected chi connectivity index (χ0v) is 11.9. The number of pyridine rings is 2. The van der Waals surface area contributed by atoms with Gasteiger partial charge in [0.05, 0.1) is 5.52 Å². The summed E-state index contributed by atoms with van der Waals surface area (Å²) in [6.07, 6.45) is 5.51. The Hall–Kier alpha value is -2.74. The molecule has 0 saturated heterocycles. The second-order valence-electron chi connectivity index (χ2n) is 4.87. The third kappa shape index (κ3) is 3.06. The van der Waals surface area contributed by atoms with Gasteiger partial charge in [-0.2, -0.15) is 0 Å². The van der Waals surface area contributed by atoms with Crippen LogP contribution in [0.15, 0.2) is 79.3 Å². The predicted octanol–water partition coefficient (Wildman–Crippen LogP) is 4.78. The Morgan fingerprint density at radius 3 is 2.24 bits per heavy atom. The largest absolute Gasteiger partial charge is 0.264 e. The maximum Gasteiger partial charge on any atom is 0.0731 e. The highest BCUT2D eigenvalue weighted by molar-refractivity contribution is 5.81. The lowest BCUT2D eigenvalue weighted by Gasteiger charge is -1.97. The van der Waals surface area contributed by atoms with Crippen LogP contribution in [0.2, 0.25) is 0 Å². The summed E-state index contributed by atoms with van der Waals surface area (Å²) < 4.78 is 0. The third-order valence-electron chi connectivity index (χ3n) is 3.38. The molecule has 0 amide bonds. The Kier molecular flexibility index (Phi) is 3.88. The molecule has 2 aromatic heterocycles. The highest BCUT2D eigenvalue weighted by Crippen LogP contribution is 2.13. The number of nitrogens with zero attached hydrogens (tertiary/aromatic N) is 2. The van der Waals surface area contributed by atoms with E-state index in [2.05, 4.69) is 53.3 Å². The molecule has 0 bridgehead atoms. The average molecular weight is 272 g/mol. The van der Waals surface area contributed by atoms with E-state index in [0.29, 0.717) is 0 Å². The second kappa shape index (κ2) is 6.14. The van der Waals surface area contributed by atoms with Gasteiger partial charge in [-0.3, -0.25) is 9.97 Å². The summed E-state index contributed by atoms with van der Waals surface area (Å²) in [5.74, 6) is 0. The zero-order chi connectivity index (χ0) is 14.5. The maximum absolute atomic E-state index is 4.28. The minimum atomic E-state index is 1.11. The van der Waals surface area contributed by atoms with Crippen molar-refractivity contribution in [3.63, 3.8) is 0 Å². The molecule has 0 saturated carbocycles. The maximum atomic E-state index is 4.28. The molecular formula is C19H16N2. The summed E-state index contributed by atoms with van der Waals surface area (Å²) >= 11 is 0. The first-order valence-corrected chi connectivity index (χ1v) is 6.94. The second-order valence-corrected chi connectivity index (χ2v) is 4.87. The quantitative estimate of drug-likeness (QED) is 0.460. The van der Waals surface area contributed by atoms with Crippen molar-refractivity contribution in [2.45, 2.75) is 6.92 Å². The highest BCUT2D eigenvalue weighted by Gasteiger charge is 1.93. The standard InChI is InChI=1S/C10H9N.C9H7N/c1-8-4-2-5-9-6-3-7-11-10(8)9;1-2-4-9-7-10-6-5-8(9)3-1/h2-7H,1H3;1-7H. The highest BCUT2D eigenvalue weighted by atomic mass is 14.6. The molecule has 4 rings (SSSR count). The van der Waals surface area contributed by atoms with Gasteiger partial charge in [0.25, 0.3) is 0 Å². The van der Waals surface area contributed by atoms with Crippen LogP contribution < -0.4 is 0 Å². The third-order valence-corrected chi connectivity index (χ3v) is 3.38. The fourth-order valence-electron chi connectivity index (χ4n) is 2.28. The van der Waals surface area contributed by atoms with Crippen LogP contribution in [0.25, 0.3) is 21.7 Å². The molecule has 102 valence electrons. The van der Waals surface area contributed by atoms with E-state index in [9.17, 15) is 0 Å². The lowest BCUT2D eigenvalue weighted by atomic mass is 10.1. The summed E-state index contributed by atoms with van der Waals surface area (Å²) in [6.45, 7) is 2.08. The van der Waals surface area contributed by atoms with Crippen molar-refractivity contribution in [2.24, 2.45) is 0 Å². The van der Waals surface area contributed by atoms with Crippen LogP contribution in [0.4, 0.5) is 0 Å². The first kappa shape index (κ1) is 13.3. The molecule has 0 aliphatic carbocycles. The molecule has 0 aliphatic heterocycles. The molecule has 4 aromatic rings. The summed E-state index contributed by atoms with van der Waals surface area (Å²) in [4.78, 5) is 8.29. The monoisotopic (exact) mass is 272 g/mol. The van der Waals surface area contributed by atoms with Crippen LogP contribution in [-0.2, 0) is 0 Å². The fraction of sp³-hybridized carbons (Fsp3) is 0.0526. The smallest absolute Gasteiger partial charge is 0.0731 e. The number of benzene rings is 2. The van der Waals surface area contributed by atoms with E-state index >= 15 is 0 Å². The van der Waals surface area contributed by atoms with Gasteiger partial charge in [0.15, 0.2) is 0 Å². The number of hydrogen-bond acceptors (Lipinski definition) is 2. The van der Waals surface area contributed by atoms with Crippen molar-refractivity contribution in [1.82, 2.24) is 9.97 Å². The minimum Gasteiger partial charge on any atom is -0.264 e. The van der Waals surface area contributed by atoms with Gasteiger partial charge in [-0.15, -0.1) is 0 Å². The zero-order valence-electron chi connectivity index (χ0n) is 11.9. The Morgan fingerprint density at radius 1 is 0.667 bits per heavy atom. The molecule has 21 heavy (non-hydrogen) atoms. The van der Waals surface area contributed by atoms with E-state index in [-0.39, 0.29) is 0 Å². The van der Waals surface area contributed by atoms with Gasteiger partial charge in [0.2, 0.25) is 0 Å². The van der Waals surface area contributed by atoms with Gasteiger partial charge in [-0.1, -0.05) is 48.5 Å². The van der Waals surface area contributed by atoms with Crippen LogP contribution >= 0.6 is 0 Å². The Labute approximate surface area is 124 Å². The number of aromatic nitrogens is 2. The first-order valence-electron chi connectivity index (χ1n) is 6.94. The molecule has 0 radical (unpaired) electrons. The molecule has 0 N–H and O–H groups in total. The number of para-hydroxylation sites is 1. The molecule has 2 nitrogen and oxygen atoms in total. The Morgan fingerprint density at radius 2 is 1.43 bits per heavy atom. The van der Waals surface area contributed by atoms with Crippen molar-refractivity contribution in [1.29, 1.82) is 0 Å². The first-order chi connectivity index (χ1) is 10.3. The number of aryl methyl sites for hydroxylation is 1. The van der Waals surface area contributed by atoms with Gasteiger partial charge < -0.3 is 0 Å². The van der Waals surface area contributed by atoms with E-state index in [1.165, 1.54) is 21.7 Å². The van der Waals surface area contributed by atoms with E-state index < -0.39 is 0 Å². The van der Waals surface area contributed by atoms with Gasteiger partial charge >= 0.3 is 0 Å². The average Bonchev–Trinajstić information content (AvgIpc) is 2.56. The van der Waals surface area contributed by atoms with E-state index in [0.717, 1.165) is 5.52 Å². The van der Waals surface area contributed by atoms with Crippen LogP contribution in [0.1, 0.15) is 5.56 Å². The van der Waals surface area contributed by atoms with Gasteiger partial charge in [-0.25, -0.2) is 0 Å². The van der Waals surface area contributed by atoms with Gasteiger partial charge in [0.1, 0.15) is 0 Å². The normalized spacial score (nSPS) is 10.1. The summed E-state index contributed by atoms with van der Waals surface area (Å²) in [5, 5.41) is 3.66. The van der Waals surface area contributed by atoms with Crippen LogP contribution in [0.5, 0.6) is 0 Å². The van der Waals surface area contributed by atoms with Gasteiger partial charge in [-0.05, 0) is 35.4 Å². The molecule has 0 spiro atoms. The molecule has 2 heterocycles. The van der Waals surface area contributed by atoms with Crippen molar-refractivity contribution in [2.75, 3.05) is 0 Å². The number of fused-ring (bicyclic) bond motifs is 2. The summed E-state index contributed by atoms with van der Waals surface area (Å²) in [7, 11) is 0. The summed E-state index contributed by atoms with van der Waals surface area (Å²) in [5.41, 5.74) is 2.35. The lowest BCUT2D eigenvalue weighted by Crippen LogP contribution is -1.80. The number of hydrogen-bond donors (Lipinski definition) is 0.